The van der Waals surface area contributed by atoms with E-state index in [9.17, 15) is 18.0 Å². The van der Waals surface area contributed by atoms with Crippen molar-refractivity contribution in [3.63, 3.8) is 0 Å². The monoisotopic (exact) mass is 527 g/mol. The van der Waals surface area contributed by atoms with Gasteiger partial charge in [-0.05, 0) is 62.2 Å². The molecule has 1 N–H and O–H groups in total. The Hall–Kier alpha value is -3.36. The molecule has 7 nitrogen and oxygen atoms in total. The van der Waals surface area contributed by atoms with Crippen LogP contribution in [0.4, 0.5) is 5.69 Å². The molecule has 2 amide bonds. The van der Waals surface area contributed by atoms with Gasteiger partial charge in [0.1, 0.15) is 12.6 Å². The van der Waals surface area contributed by atoms with Gasteiger partial charge in [0, 0.05) is 18.6 Å². The largest absolute Gasteiger partial charge is 0.357 e. The van der Waals surface area contributed by atoms with Crippen LogP contribution in [0.25, 0.3) is 0 Å². The van der Waals surface area contributed by atoms with Crippen molar-refractivity contribution in [1.82, 2.24) is 10.2 Å². The van der Waals surface area contributed by atoms with Gasteiger partial charge in [0.25, 0.3) is 10.0 Å². The van der Waals surface area contributed by atoms with E-state index in [1.54, 1.807) is 68.4 Å². The maximum Gasteiger partial charge on any atom is 0.264 e. The highest BCUT2D eigenvalue weighted by atomic mass is 35.5. The number of aryl methyl sites for hydroxylation is 2. The van der Waals surface area contributed by atoms with Crippen molar-refractivity contribution >= 4 is 39.1 Å². The molecule has 190 valence electrons. The summed E-state index contributed by atoms with van der Waals surface area (Å²) in [5.41, 5.74) is 2.84. The van der Waals surface area contributed by atoms with Gasteiger partial charge in [-0.3, -0.25) is 13.9 Å². The lowest BCUT2D eigenvalue weighted by Gasteiger charge is -2.32. The number of benzene rings is 3. The zero-order valence-corrected chi connectivity index (χ0v) is 22.3. The van der Waals surface area contributed by atoms with Crippen molar-refractivity contribution in [2.45, 2.75) is 38.3 Å². The molecule has 0 aromatic heterocycles. The normalized spacial score (nSPS) is 12.0. The van der Waals surface area contributed by atoms with Crippen LogP contribution in [-0.2, 0) is 26.2 Å². The van der Waals surface area contributed by atoms with E-state index >= 15 is 0 Å². The van der Waals surface area contributed by atoms with Crippen molar-refractivity contribution in [1.29, 1.82) is 0 Å². The topological polar surface area (TPSA) is 86.8 Å². The third kappa shape index (κ3) is 6.25. The number of halogens is 1. The Morgan fingerprint density at radius 2 is 1.61 bits per heavy atom. The van der Waals surface area contributed by atoms with E-state index < -0.39 is 28.5 Å². The second-order valence-corrected chi connectivity index (χ2v) is 10.9. The van der Waals surface area contributed by atoms with Crippen LogP contribution in [0.1, 0.15) is 23.6 Å². The molecular formula is C27H30ClN3O4S. The van der Waals surface area contributed by atoms with Crippen molar-refractivity contribution in [2.75, 3.05) is 17.9 Å². The Morgan fingerprint density at radius 1 is 0.972 bits per heavy atom. The molecule has 0 bridgehead atoms. The lowest BCUT2D eigenvalue weighted by Crippen LogP contribution is -2.50. The molecule has 3 rings (SSSR count). The van der Waals surface area contributed by atoms with Crippen molar-refractivity contribution in [2.24, 2.45) is 0 Å². The molecule has 0 aliphatic rings. The molecule has 0 unspecified atom stereocenters. The van der Waals surface area contributed by atoms with Crippen LogP contribution in [0.15, 0.2) is 77.7 Å². The lowest BCUT2D eigenvalue weighted by atomic mass is 10.1. The Labute approximate surface area is 217 Å². The molecule has 0 aliphatic carbocycles. The van der Waals surface area contributed by atoms with E-state index in [1.807, 2.05) is 13.0 Å². The zero-order valence-electron chi connectivity index (χ0n) is 20.7. The summed E-state index contributed by atoms with van der Waals surface area (Å²) in [5.74, 6) is -0.873. The molecule has 3 aromatic rings. The molecule has 0 saturated heterocycles. The first-order chi connectivity index (χ1) is 17.0. The fraction of sp³-hybridized carbons (Fsp3) is 0.259. The van der Waals surface area contributed by atoms with Gasteiger partial charge >= 0.3 is 0 Å². The number of nitrogens with one attached hydrogen (secondary N) is 1. The van der Waals surface area contributed by atoms with Gasteiger partial charge in [-0.1, -0.05) is 59.6 Å². The Bertz CT molecular complexity index is 1330. The van der Waals surface area contributed by atoms with Crippen LogP contribution in [0.3, 0.4) is 0 Å². The maximum absolute atomic E-state index is 13.7. The first-order valence-electron chi connectivity index (χ1n) is 11.4. The molecule has 0 fully saturated rings. The molecule has 0 heterocycles. The molecule has 9 heteroatoms. The number of rotatable bonds is 9. The van der Waals surface area contributed by atoms with E-state index in [4.69, 9.17) is 11.6 Å². The van der Waals surface area contributed by atoms with E-state index in [2.05, 4.69) is 5.32 Å². The van der Waals surface area contributed by atoms with Gasteiger partial charge in [-0.25, -0.2) is 8.42 Å². The first kappa shape index (κ1) is 27.2. The molecule has 0 saturated carbocycles. The van der Waals surface area contributed by atoms with Crippen molar-refractivity contribution in [3.8, 4) is 0 Å². The van der Waals surface area contributed by atoms with Crippen molar-refractivity contribution in [3.05, 3.63) is 94.5 Å². The molecule has 1 atom stereocenters. The van der Waals surface area contributed by atoms with E-state index in [-0.39, 0.29) is 17.3 Å². The number of carbonyl (C=O) groups excluding carboxylic acids is 2. The smallest absolute Gasteiger partial charge is 0.264 e. The van der Waals surface area contributed by atoms with Gasteiger partial charge in [0.2, 0.25) is 11.8 Å². The summed E-state index contributed by atoms with van der Waals surface area (Å²) in [6, 6.07) is 19.5. The highest BCUT2D eigenvalue weighted by molar-refractivity contribution is 7.92. The van der Waals surface area contributed by atoms with Crippen LogP contribution < -0.4 is 9.62 Å². The standard InChI is InChI=1S/C27H30ClN3O4S/c1-19-10-15-25(20(2)16-19)31(36(34,35)24-8-6-5-7-9-24)18-26(32)30(21(3)27(33)29-4)17-22-11-13-23(28)14-12-22/h5-16,21H,17-18H2,1-4H3,(H,29,33)/t21-/m1/s1. The number of carbonyl (C=O) groups is 2. The molecule has 0 spiro atoms. The fourth-order valence-electron chi connectivity index (χ4n) is 3.90. The van der Waals surface area contributed by atoms with Gasteiger partial charge in [0.05, 0.1) is 10.6 Å². The number of hydrogen-bond donors (Lipinski definition) is 1. The Morgan fingerprint density at radius 3 is 2.19 bits per heavy atom. The van der Waals surface area contributed by atoms with Crippen LogP contribution in [0, 0.1) is 13.8 Å². The summed E-state index contributed by atoms with van der Waals surface area (Å²) < 4.78 is 28.6. The number of anilines is 1. The summed E-state index contributed by atoms with van der Waals surface area (Å²) >= 11 is 6.00. The summed E-state index contributed by atoms with van der Waals surface area (Å²) in [6.45, 7) is 4.96. The molecule has 0 aliphatic heterocycles. The SMILES string of the molecule is CNC(=O)[C@@H](C)N(Cc1ccc(Cl)cc1)C(=O)CN(c1ccc(C)cc1C)S(=O)(=O)c1ccccc1. The second kappa shape index (κ2) is 11.6. The van der Waals surface area contributed by atoms with Gasteiger partial charge in [0.15, 0.2) is 0 Å². The van der Waals surface area contributed by atoms with E-state index in [0.717, 1.165) is 15.4 Å². The number of sulfonamides is 1. The number of likely N-dealkylation sites (N-methyl/N-ethyl adjacent to an activating group) is 1. The van der Waals surface area contributed by atoms with Gasteiger partial charge in [-0.15, -0.1) is 0 Å². The summed E-state index contributed by atoms with van der Waals surface area (Å²) in [7, 11) is -2.59. The number of nitrogens with zero attached hydrogens (tertiary/aromatic N) is 2. The first-order valence-corrected chi connectivity index (χ1v) is 13.3. The Balaban J connectivity index is 2.05. The van der Waals surface area contributed by atoms with E-state index in [1.165, 1.54) is 24.1 Å². The van der Waals surface area contributed by atoms with E-state index in [0.29, 0.717) is 16.3 Å². The van der Waals surface area contributed by atoms with Gasteiger partial charge < -0.3 is 10.2 Å². The summed E-state index contributed by atoms with van der Waals surface area (Å²) in [5, 5.41) is 3.11. The molecule has 0 radical (unpaired) electrons. The van der Waals surface area contributed by atoms with Crippen LogP contribution in [-0.4, -0.2) is 44.8 Å². The fourth-order valence-corrected chi connectivity index (χ4v) is 5.52. The van der Waals surface area contributed by atoms with Crippen molar-refractivity contribution < 1.29 is 18.0 Å². The molecule has 3 aromatic carbocycles. The second-order valence-electron chi connectivity index (χ2n) is 8.55. The quantitative estimate of drug-likeness (QED) is 0.449. The molecule has 36 heavy (non-hydrogen) atoms. The van der Waals surface area contributed by atoms with Crippen LogP contribution >= 0.6 is 11.6 Å². The minimum atomic E-state index is -4.08. The average Bonchev–Trinajstić information content (AvgIpc) is 2.86. The number of amides is 2. The van der Waals surface area contributed by atoms with Crippen LogP contribution in [0.2, 0.25) is 5.02 Å². The Kier molecular flexibility index (Phi) is 8.76. The summed E-state index contributed by atoms with van der Waals surface area (Å²) in [4.78, 5) is 27.7. The third-order valence-electron chi connectivity index (χ3n) is 5.91. The minimum Gasteiger partial charge on any atom is -0.357 e. The maximum atomic E-state index is 13.7. The van der Waals surface area contributed by atoms with Crippen LogP contribution in [0.5, 0.6) is 0 Å². The third-order valence-corrected chi connectivity index (χ3v) is 7.94. The minimum absolute atomic E-state index is 0.0707. The highest BCUT2D eigenvalue weighted by Crippen LogP contribution is 2.28. The lowest BCUT2D eigenvalue weighted by molar-refractivity contribution is -0.139. The zero-order chi connectivity index (χ0) is 26.5. The predicted molar refractivity (Wildman–Crippen MR) is 142 cm³/mol. The highest BCUT2D eigenvalue weighted by Gasteiger charge is 2.32. The predicted octanol–water partition coefficient (Wildman–Crippen LogP) is 4.32. The number of hydrogen-bond acceptors (Lipinski definition) is 4. The average molecular weight is 528 g/mol. The van der Waals surface area contributed by atoms with Gasteiger partial charge in [-0.2, -0.15) is 0 Å². The molecular weight excluding hydrogens is 498 g/mol. The summed E-state index contributed by atoms with van der Waals surface area (Å²) in [6.07, 6.45) is 0.